The molecule has 7 heteroatoms. The van der Waals surface area contributed by atoms with E-state index in [9.17, 15) is 9.18 Å². The van der Waals surface area contributed by atoms with E-state index >= 15 is 0 Å². The molecule has 0 N–H and O–H groups in total. The molecule has 0 unspecified atom stereocenters. The highest BCUT2D eigenvalue weighted by Crippen LogP contribution is 2.22. The Kier molecular flexibility index (Phi) is 4.87. The molecule has 3 rings (SSSR count). The predicted molar refractivity (Wildman–Crippen MR) is 86.7 cm³/mol. The lowest BCUT2D eigenvalue weighted by molar-refractivity contribution is -0.136. The largest absolute Gasteiger partial charge is 0.341 e. The Morgan fingerprint density at radius 3 is 2.75 bits per heavy atom. The van der Waals surface area contributed by atoms with Crippen LogP contribution in [0.25, 0.3) is 0 Å². The maximum atomic E-state index is 13.1. The van der Waals surface area contributed by atoms with Crippen LogP contribution in [0.4, 0.5) is 4.39 Å². The van der Waals surface area contributed by atoms with E-state index in [1.54, 1.807) is 23.7 Å². The van der Waals surface area contributed by atoms with Crippen molar-refractivity contribution in [3.8, 4) is 0 Å². The fraction of sp³-hybridized carbons (Fsp3) is 0.529. The molecule has 2 heterocycles. The molecule has 0 spiro atoms. The molecular weight excluding hydrogens is 309 g/mol. The highest BCUT2D eigenvalue weighted by molar-refractivity contribution is 5.80. The summed E-state index contributed by atoms with van der Waals surface area (Å²) in [4.78, 5) is 15.0. The van der Waals surface area contributed by atoms with Crippen LogP contribution in [0.5, 0.6) is 0 Å². The number of likely N-dealkylation sites (tertiary alicyclic amines) is 1. The Bertz CT molecular complexity index is 699. The molecular formula is C17H22FN5O. The molecule has 128 valence electrons. The van der Waals surface area contributed by atoms with Crippen molar-refractivity contribution < 1.29 is 9.18 Å². The van der Waals surface area contributed by atoms with E-state index in [-0.39, 0.29) is 11.7 Å². The highest BCUT2D eigenvalue weighted by atomic mass is 19.1. The van der Waals surface area contributed by atoms with Gasteiger partial charge in [0.25, 0.3) is 0 Å². The number of amides is 1. The average Bonchev–Trinajstić information content (AvgIpc) is 2.99. The minimum Gasteiger partial charge on any atom is -0.341 e. The van der Waals surface area contributed by atoms with Gasteiger partial charge in [-0.1, -0.05) is 19.1 Å². The van der Waals surface area contributed by atoms with Crippen molar-refractivity contribution in [2.75, 3.05) is 13.1 Å². The Balaban J connectivity index is 1.85. The fourth-order valence-corrected chi connectivity index (χ4v) is 3.25. The predicted octanol–water partition coefficient (Wildman–Crippen LogP) is 2.16. The minimum atomic E-state index is -0.504. The smallest absolute Gasteiger partial charge is 0.247 e. The normalized spacial score (nSPS) is 19.3. The van der Waals surface area contributed by atoms with E-state index < -0.39 is 6.04 Å². The van der Waals surface area contributed by atoms with E-state index in [0.717, 1.165) is 31.5 Å². The molecule has 1 amide bonds. The molecule has 1 fully saturated rings. The molecule has 24 heavy (non-hydrogen) atoms. The Morgan fingerprint density at radius 1 is 1.38 bits per heavy atom. The van der Waals surface area contributed by atoms with Gasteiger partial charge in [-0.3, -0.25) is 4.79 Å². The zero-order chi connectivity index (χ0) is 17.1. The van der Waals surface area contributed by atoms with E-state index in [4.69, 9.17) is 0 Å². The first-order valence-corrected chi connectivity index (χ1v) is 8.32. The van der Waals surface area contributed by atoms with Crippen LogP contribution in [0.2, 0.25) is 0 Å². The number of aryl methyl sites for hydroxylation is 1. The molecule has 0 radical (unpaired) electrons. The summed E-state index contributed by atoms with van der Waals surface area (Å²) in [5.41, 5.74) is 0.884. The lowest BCUT2D eigenvalue weighted by atomic mass is 9.98. The molecule has 1 aliphatic heterocycles. The van der Waals surface area contributed by atoms with Gasteiger partial charge < -0.3 is 4.90 Å². The number of aromatic nitrogens is 4. The molecule has 1 saturated heterocycles. The second-order valence-corrected chi connectivity index (χ2v) is 6.55. The molecule has 2 aromatic rings. The fourth-order valence-electron chi connectivity index (χ4n) is 3.25. The first kappa shape index (κ1) is 16.5. The van der Waals surface area contributed by atoms with Crippen LogP contribution in [0.1, 0.15) is 37.2 Å². The van der Waals surface area contributed by atoms with Crippen LogP contribution in [0.3, 0.4) is 0 Å². The van der Waals surface area contributed by atoms with E-state index in [1.165, 1.54) is 12.1 Å². The van der Waals surface area contributed by atoms with Crippen molar-refractivity contribution >= 4 is 5.91 Å². The van der Waals surface area contributed by atoms with Gasteiger partial charge in [0.15, 0.2) is 0 Å². The van der Waals surface area contributed by atoms with Crippen LogP contribution in [-0.2, 0) is 11.2 Å². The summed E-state index contributed by atoms with van der Waals surface area (Å²) in [5.74, 6) is 0.844. The molecule has 0 bridgehead atoms. The van der Waals surface area contributed by atoms with Crippen molar-refractivity contribution in [3.05, 3.63) is 41.5 Å². The minimum absolute atomic E-state index is 0.0290. The van der Waals surface area contributed by atoms with E-state index in [1.807, 2.05) is 4.90 Å². The Hall–Kier alpha value is -2.31. The standard InChI is InChI=1S/C17H22FN5O/c1-12-4-3-9-22(11-12)17(24)16(23-13(2)19-20-21-23)10-14-5-7-15(18)8-6-14/h5-8,12,16H,3-4,9-11H2,1-2H3/t12-,16-/m0/s1. The first-order chi connectivity index (χ1) is 11.5. The molecule has 1 aliphatic rings. The van der Waals surface area contributed by atoms with Gasteiger partial charge in [0.05, 0.1) is 0 Å². The van der Waals surface area contributed by atoms with Gasteiger partial charge in [-0.15, -0.1) is 5.10 Å². The van der Waals surface area contributed by atoms with E-state index in [2.05, 4.69) is 22.4 Å². The summed E-state index contributed by atoms with van der Waals surface area (Å²) in [7, 11) is 0. The third-order valence-corrected chi connectivity index (χ3v) is 4.55. The van der Waals surface area contributed by atoms with Crippen LogP contribution in [-0.4, -0.2) is 44.1 Å². The monoisotopic (exact) mass is 331 g/mol. The van der Waals surface area contributed by atoms with Crippen LogP contribution in [0, 0.1) is 18.7 Å². The third-order valence-electron chi connectivity index (χ3n) is 4.55. The van der Waals surface area contributed by atoms with Crippen LogP contribution >= 0.6 is 0 Å². The molecule has 2 atom stereocenters. The molecule has 0 aliphatic carbocycles. The second kappa shape index (κ2) is 7.07. The zero-order valence-electron chi connectivity index (χ0n) is 14.0. The van der Waals surface area contributed by atoms with Gasteiger partial charge in [0, 0.05) is 19.5 Å². The molecule has 6 nitrogen and oxygen atoms in total. The summed E-state index contributed by atoms with van der Waals surface area (Å²) in [6.45, 7) is 5.48. The van der Waals surface area contributed by atoms with Gasteiger partial charge in [0.1, 0.15) is 17.7 Å². The third kappa shape index (κ3) is 3.60. The van der Waals surface area contributed by atoms with Crippen molar-refractivity contribution in [1.82, 2.24) is 25.1 Å². The topological polar surface area (TPSA) is 63.9 Å². The van der Waals surface area contributed by atoms with Gasteiger partial charge in [-0.25, -0.2) is 9.07 Å². The molecule has 0 saturated carbocycles. The zero-order valence-corrected chi connectivity index (χ0v) is 14.0. The molecule has 1 aromatic carbocycles. The number of piperidine rings is 1. The SMILES string of the molecule is Cc1nnnn1[C@@H](Cc1ccc(F)cc1)C(=O)N1CCC[C@H](C)C1. The highest BCUT2D eigenvalue weighted by Gasteiger charge is 2.30. The van der Waals surface area contributed by atoms with Gasteiger partial charge in [0.2, 0.25) is 5.91 Å². The van der Waals surface area contributed by atoms with Gasteiger partial charge in [-0.05, 0) is 53.8 Å². The number of nitrogens with zero attached hydrogens (tertiary/aromatic N) is 5. The number of rotatable bonds is 4. The molecule has 1 aromatic heterocycles. The Morgan fingerprint density at radius 2 is 2.12 bits per heavy atom. The number of halogens is 1. The number of tetrazole rings is 1. The van der Waals surface area contributed by atoms with Crippen molar-refractivity contribution in [2.45, 2.75) is 39.2 Å². The van der Waals surface area contributed by atoms with Crippen molar-refractivity contribution in [3.63, 3.8) is 0 Å². The summed E-state index contributed by atoms with van der Waals surface area (Å²) < 4.78 is 14.7. The summed E-state index contributed by atoms with van der Waals surface area (Å²) in [6.07, 6.45) is 2.61. The van der Waals surface area contributed by atoms with E-state index in [0.29, 0.717) is 18.2 Å². The van der Waals surface area contributed by atoms with Gasteiger partial charge in [-0.2, -0.15) is 0 Å². The Labute approximate surface area is 140 Å². The number of benzene rings is 1. The maximum Gasteiger partial charge on any atom is 0.247 e. The second-order valence-electron chi connectivity index (χ2n) is 6.55. The van der Waals surface area contributed by atoms with Crippen LogP contribution < -0.4 is 0 Å². The number of hydrogen-bond acceptors (Lipinski definition) is 4. The van der Waals surface area contributed by atoms with Crippen molar-refractivity contribution in [1.29, 1.82) is 0 Å². The van der Waals surface area contributed by atoms with Gasteiger partial charge >= 0.3 is 0 Å². The number of carbonyl (C=O) groups is 1. The van der Waals surface area contributed by atoms with Crippen molar-refractivity contribution in [2.24, 2.45) is 5.92 Å². The number of hydrogen-bond donors (Lipinski definition) is 0. The lowest BCUT2D eigenvalue weighted by Crippen LogP contribution is -2.44. The summed E-state index contributed by atoms with van der Waals surface area (Å²) >= 11 is 0. The van der Waals surface area contributed by atoms with Crippen LogP contribution in [0.15, 0.2) is 24.3 Å². The summed E-state index contributed by atoms with van der Waals surface area (Å²) in [6, 6.07) is 5.72. The first-order valence-electron chi connectivity index (χ1n) is 8.32. The average molecular weight is 331 g/mol. The lowest BCUT2D eigenvalue weighted by Gasteiger charge is -2.33. The maximum absolute atomic E-state index is 13.1. The summed E-state index contributed by atoms with van der Waals surface area (Å²) in [5, 5.41) is 11.6. The number of carbonyl (C=O) groups excluding carboxylic acids is 1. The quantitative estimate of drug-likeness (QED) is 0.861.